The SMILES string of the molecule is C=C1/C(=C\C=C(/CCCCCCC)c2cccc(CCCCCC(C)(C)O)c2)C[C@@H](O)C[C@@H]1O. The van der Waals surface area contributed by atoms with Gasteiger partial charge in [-0.2, -0.15) is 0 Å². The van der Waals surface area contributed by atoms with Gasteiger partial charge in [0, 0.05) is 6.42 Å². The van der Waals surface area contributed by atoms with Crippen LogP contribution < -0.4 is 0 Å². The van der Waals surface area contributed by atoms with Gasteiger partial charge in [0.15, 0.2) is 0 Å². The van der Waals surface area contributed by atoms with Crippen molar-refractivity contribution in [1.29, 1.82) is 0 Å². The zero-order valence-corrected chi connectivity index (χ0v) is 21.9. The quantitative estimate of drug-likeness (QED) is 0.251. The molecule has 0 bridgehead atoms. The van der Waals surface area contributed by atoms with E-state index in [1.165, 1.54) is 48.8 Å². The minimum absolute atomic E-state index is 0.377. The molecule has 0 aliphatic heterocycles. The summed E-state index contributed by atoms with van der Waals surface area (Å²) in [5.41, 5.74) is 5.07. The molecular weight excluding hydrogens is 420 g/mol. The summed E-state index contributed by atoms with van der Waals surface area (Å²) in [5.74, 6) is 0. The number of unbranched alkanes of at least 4 members (excludes halogenated alkanes) is 6. The molecule has 1 aromatic carbocycles. The van der Waals surface area contributed by atoms with E-state index in [1.54, 1.807) is 0 Å². The van der Waals surface area contributed by atoms with Gasteiger partial charge in [-0.3, -0.25) is 0 Å². The number of aryl methyl sites for hydroxylation is 1. The van der Waals surface area contributed by atoms with Gasteiger partial charge >= 0.3 is 0 Å². The van der Waals surface area contributed by atoms with Crippen molar-refractivity contribution < 1.29 is 15.3 Å². The molecule has 1 aliphatic carbocycles. The third-order valence-electron chi connectivity index (χ3n) is 6.85. The van der Waals surface area contributed by atoms with Crippen molar-refractivity contribution in [3.63, 3.8) is 0 Å². The lowest BCUT2D eigenvalue weighted by Gasteiger charge is -2.26. The predicted molar refractivity (Wildman–Crippen MR) is 145 cm³/mol. The average Bonchev–Trinajstić information content (AvgIpc) is 2.78. The number of hydrogen-bond donors (Lipinski definition) is 3. The maximum atomic E-state index is 10.2. The predicted octanol–water partition coefficient (Wildman–Crippen LogP) is 7.30. The molecule has 2 atom stereocenters. The molecule has 0 radical (unpaired) electrons. The Kier molecular flexibility index (Phi) is 12.3. The molecule has 190 valence electrons. The van der Waals surface area contributed by atoms with Crippen LogP contribution in [0.1, 0.15) is 109 Å². The first-order valence-corrected chi connectivity index (χ1v) is 13.5. The molecule has 34 heavy (non-hydrogen) atoms. The molecule has 3 nitrogen and oxygen atoms in total. The van der Waals surface area contributed by atoms with Crippen LogP contribution >= 0.6 is 0 Å². The van der Waals surface area contributed by atoms with Crippen LogP contribution in [0.2, 0.25) is 0 Å². The molecule has 0 spiro atoms. The smallest absolute Gasteiger partial charge is 0.0811 e. The largest absolute Gasteiger partial charge is 0.393 e. The lowest BCUT2D eigenvalue weighted by molar-refractivity contribution is 0.0680. The Hall–Kier alpha value is -1.68. The van der Waals surface area contributed by atoms with Crippen molar-refractivity contribution in [1.82, 2.24) is 0 Å². The van der Waals surface area contributed by atoms with E-state index < -0.39 is 17.8 Å². The number of hydrogen-bond acceptors (Lipinski definition) is 3. The molecule has 0 heterocycles. The van der Waals surface area contributed by atoms with Crippen molar-refractivity contribution in [2.24, 2.45) is 0 Å². The number of rotatable bonds is 14. The summed E-state index contributed by atoms with van der Waals surface area (Å²) in [6, 6.07) is 8.90. The molecule has 3 heteroatoms. The molecule has 1 fully saturated rings. The van der Waals surface area contributed by atoms with Gasteiger partial charge in [-0.25, -0.2) is 0 Å². The maximum absolute atomic E-state index is 10.2. The van der Waals surface area contributed by atoms with Crippen LogP contribution in [0.5, 0.6) is 0 Å². The van der Waals surface area contributed by atoms with Gasteiger partial charge in [-0.05, 0) is 80.2 Å². The van der Waals surface area contributed by atoms with E-state index in [-0.39, 0.29) is 0 Å². The number of benzene rings is 1. The van der Waals surface area contributed by atoms with Crippen LogP contribution in [-0.4, -0.2) is 33.1 Å². The topological polar surface area (TPSA) is 60.7 Å². The van der Waals surface area contributed by atoms with Crippen molar-refractivity contribution in [2.75, 3.05) is 0 Å². The fourth-order valence-corrected chi connectivity index (χ4v) is 4.69. The summed E-state index contributed by atoms with van der Waals surface area (Å²) in [5, 5.41) is 30.2. The van der Waals surface area contributed by atoms with Crippen LogP contribution in [0.4, 0.5) is 0 Å². The lowest BCUT2D eigenvalue weighted by Crippen LogP contribution is -2.26. The normalized spacial score (nSPS) is 20.8. The van der Waals surface area contributed by atoms with E-state index >= 15 is 0 Å². The highest BCUT2D eigenvalue weighted by molar-refractivity contribution is 5.68. The van der Waals surface area contributed by atoms with E-state index in [0.717, 1.165) is 49.7 Å². The van der Waals surface area contributed by atoms with Gasteiger partial charge in [0.25, 0.3) is 0 Å². The Bertz CT molecular complexity index is 812. The zero-order valence-electron chi connectivity index (χ0n) is 21.9. The molecule has 2 rings (SSSR count). The highest BCUT2D eigenvalue weighted by atomic mass is 16.3. The molecule has 1 saturated carbocycles. The second-order valence-corrected chi connectivity index (χ2v) is 10.8. The maximum Gasteiger partial charge on any atom is 0.0811 e. The van der Waals surface area contributed by atoms with Crippen molar-refractivity contribution in [2.45, 2.75) is 122 Å². The summed E-state index contributed by atoms with van der Waals surface area (Å²) in [7, 11) is 0. The van der Waals surface area contributed by atoms with Gasteiger partial charge in [-0.15, -0.1) is 0 Å². The van der Waals surface area contributed by atoms with Gasteiger partial charge in [-0.1, -0.05) is 88.4 Å². The van der Waals surface area contributed by atoms with Crippen molar-refractivity contribution in [3.8, 4) is 0 Å². The zero-order chi connectivity index (χ0) is 25.0. The summed E-state index contributed by atoms with van der Waals surface area (Å²) in [4.78, 5) is 0. The van der Waals surface area contributed by atoms with Crippen LogP contribution in [0.25, 0.3) is 5.57 Å². The highest BCUT2D eigenvalue weighted by Crippen LogP contribution is 2.30. The van der Waals surface area contributed by atoms with Crippen LogP contribution in [0.15, 0.2) is 54.1 Å². The third kappa shape index (κ3) is 10.7. The Labute approximate surface area is 208 Å². The molecular formula is C31H48O3. The monoisotopic (exact) mass is 468 g/mol. The Morgan fingerprint density at radius 1 is 1.06 bits per heavy atom. The highest BCUT2D eigenvalue weighted by Gasteiger charge is 2.24. The first-order valence-electron chi connectivity index (χ1n) is 13.5. The van der Waals surface area contributed by atoms with E-state index in [9.17, 15) is 15.3 Å². The average molecular weight is 469 g/mol. The Morgan fingerprint density at radius 3 is 2.53 bits per heavy atom. The lowest BCUT2D eigenvalue weighted by atomic mass is 9.85. The second kappa shape index (κ2) is 14.7. The van der Waals surface area contributed by atoms with E-state index in [0.29, 0.717) is 12.8 Å². The Morgan fingerprint density at radius 2 is 1.79 bits per heavy atom. The standard InChI is InChI=1S/C31H48O3/c1-5-6-7-8-11-16-26(18-19-27-22-29(32)23-30(33)24(27)2)28-17-13-15-25(21-28)14-10-9-12-20-31(3,4)34/h13,15,17-19,21,29-30,32-34H,2,5-12,14,16,20,22-23H2,1,3-4H3/b26-18+,27-19-/t29-,30+/m1/s1. The summed E-state index contributed by atoms with van der Waals surface area (Å²) >= 11 is 0. The Balaban J connectivity index is 2.10. The fourth-order valence-electron chi connectivity index (χ4n) is 4.69. The van der Waals surface area contributed by atoms with Gasteiger partial charge in [0.2, 0.25) is 0 Å². The first kappa shape index (κ1) is 28.6. The van der Waals surface area contributed by atoms with Gasteiger partial charge in [0.1, 0.15) is 0 Å². The number of aliphatic hydroxyl groups excluding tert-OH is 2. The summed E-state index contributed by atoms with van der Waals surface area (Å²) in [6.07, 6.45) is 16.5. The first-order chi connectivity index (χ1) is 16.2. The van der Waals surface area contributed by atoms with Crippen molar-refractivity contribution in [3.05, 3.63) is 65.3 Å². The molecule has 3 N–H and O–H groups in total. The minimum atomic E-state index is -0.652. The molecule has 0 unspecified atom stereocenters. The second-order valence-electron chi connectivity index (χ2n) is 10.8. The number of allylic oxidation sites excluding steroid dienone is 3. The summed E-state index contributed by atoms with van der Waals surface area (Å²) < 4.78 is 0. The molecule has 0 saturated heterocycles. The minimum Gasteiger partial charge on any atom is -0.393 e. The third-order valence-corrected chi connectivity index (χ3v) is 6.85. The fraction of sp³-hybridized carbons (Fsp3) is 0.613. The molecule has 1 aliphatic rings. The van der Waals surface area contributed by atoms with Crippen LogP contribution in [0, 0.1) is 0 Å². The number of aliphatic hydroxyl groups is 3. The van der Waals surface area contributed by atoms with Gasteiger partial charge in [0.05, 0.1) is 17.8 Å². The van der Waals surface area contributed by atoms with Crippen LogP contribution in [0.3, 0.4) is 0 Å². The molecule has 1 aromatic rings. The van der Waals surface area contributed by atoms with Crippen molar-refractivity contribution >= 4 is 5.57 Å². The van der Waals surface area contributed by atoms with Gasteiger partial charge < -0.3 is 15.3 Å². The van der Waals surface area contributed by atoms with E-state index in [4.69, 9.17) is 0 Å². The summed E-state index contributed by atoms with van der Waals surface area (Å²) in [6.45, 7) is 10.1. The molecule has 0 aromatic heterocycles. The van der Waals surface area contributed by atoms with Crippen LogP contribution in [-0.2, 0) is 6.42 Å². The van der Waals surface area contributed by atoms with E-state index in [2.05, 4.69) is 49.9 Å². The van der Waals surface area contributed by atoms with E-state index in [1.807, 2.05) is 13.8 Å². The molecule has 0 amide bonds.